The lowest BCUT2D eigenvalue weighted by Gasteiger charge is -2.10. The number of halogens is 1. The molecule has 5 rings (SSSR count). The van der Waals surface area contributed by atoms with Crippen molar-refractivity contribution >= 4 is 17.3 Å². The Morgan fingerprint density at radius 3 is 2.79 bits per heavy atom. The van der Waals surface area contributed by atoms with Gasteiger partial charge in [-0.1, -0.05) is 29.4 Å². The van der Waals surface area contributed by atoms with E-state index in [1.165, 1.54) is 12.1 Å². The third-order valence-corrected chi connectivity index (χ3v) is 4.89. The van der Waals surface area contributed by atoms with E-state index in [0.29, 0.717) is 28.8 Å². The quantitative estimate of drug-likeness (QED) is 0.720. The monoisotopic (exact) mass is 392 g/mol. The van der Waals surface area contributed by atoms with Crippen molar-refractivity contribution < 1.29 is 14.0 Å². The molecule has 1 fully saturated rings. The number of aromatic nitrogens is 4. The number of hydrogen-bond donors (Lipinski definition) is 1. The van der Waals surface area contributed by atoms with Gasteiger partial charge >= 0.3 is 0 Å². The Bertz CT molecular complexity index is 1110. The summed E-state index contributed by atoms with van der Waals surface area (Å²) in [6.45, 7) is 0. The number of benzene rings is 2. The van der Waals surface area contributed by atoms with E-state index in [2.05, 4.69) is 26.0 Å². The van der Waals surface area contributed by atoms with Crippen molar-refractivity contribution in [3.05, 3.63) is 59.9 Å². The van der Waals surface area contributed by atoms with Crippen molar-refractivity contribution in [3.63, 3.8) is 0 Å². The number of nitrogens with zero attached hydrogens (tertiary/aromatic N) is 5. The highest BCUT2D eigenvalue weighted by molar-refractivity contribution is 6.06. The van der Waals surface area contributed by atoms with Crippen LogP contribution in [-0.4, -0.2) is 37.9 Å². The van der Waals surface area contributed by atoms with Gasteiger partial charge in [-0.25, -0.2) is 9.07 Å². The van der Waals surface area contributed by atoms with Gasteiger partial charge in [0.2, 0.25) is 6.10 Å². The highest BCUT2D eigenvalue weighted by Gasteiger charge is 2.30. The van der Waals surface area contributed by atoms with Gasteiger partial charge in [0.15, 0.2) is 5.82 Å². The number of tetrazole rings is 1. The number of carbonyl (C=O) groups is 1. The van der Waals surface area contributed by atoms with Gasteiger partial charge in [-0.3, -0.25) is 4.79 Å². The van der Waals surface area contributed by atoms with Crippen LogP contribution in [0, 0.1) is 5.82 Å². The summed E-state index contributed by atoms with van der Waals surface area (Å²) in [4.78, 5) is 17.9. The van der Waals surface area contributed by atoms with Crippen molar-refractivity contribution in [1.29, 1.82) is 0 Å². The molecule has 1 amide bonds. The molecule has 0 radical (unpaired) electrons. The Hall–Kier alpha value is -3.62. The largest absolute Gasteiger partial charge is 0.382 e. The zero-order valence-corrected chi connectivity index (χ0v) is 15.3. The number of carbonyl (C=O) groups excluding carboxylic acids is 1. The highest BCUT2D eigenvalue weighted by Crippen LogP contribution is 2.36. The molecule has 9 heteroatoms. The Kier molecular flexibility index (Phi) is 4.27. The van der Waals surface area contributed by atoms with Gasteiger partial charge < -0.3 is 10.2 Å². The fraction of sp³-hybridized carbons (Fsp3) is 0.250. The van der Waals surface area contributed by atoms with E-state index in [-0.39, 0.29) is 18.1 Å². The average Bonchev–Trinajstić information content (AvgIpc) is 3.25. The summed E-state index contributed by atoms with van der Waals surface area (Å²) >= 11 is 0. The first-order chi connectivity index (χ1) is 14.2. The lowest BCUT2D eigenvalue weighted by molar-refractivity contribution is -0.125. The van der Waals surface area contributed by atoms with Crippen molar-refractivity contribution in [2.75, 3.05) is 5.32 Å². The van der Waals surface area contributed by atoms with E-state index in [4.69, 9.17) is 4.84 Å². The van der Waals surface area contributed by atoms with Gasteiger partial charge in [0.05, 0.1) is 11.8 Å². The number of amides is 1. The Labute approximate surface area is 165 Å². The molecule has 1 atom stereocenters. The molecule has 146 valence electrons. The molecule has 0 unspecified atom stereocenters. The van der Waals surface area contributed by atoms with Crippen molar-refractivity contribution in [1.82, 2.24) is 20.2 Å². The van der Waals surface area contributed by atoms with Crippen LogP contribution >= 0.6 is 0 Å². The number of hydrogen-bond acceptors (Lipinski definition) is 6. The molecule has 2 aliphatic rings. The van der Waals surface area contributed by atoms with Gasteiger partial charge in [0.25, 0.3) is 5.91 Å². The maximum Gasteiger partial charge on any atom is 0.268 e. The topological polar surface area (TPSA) is 94.3 Å². The molecule has 29 heavy (non-hydrogen) atoms. The fourth-order valence-corrected chi connectivity index (χ4v) is 3.26. The Morgan fingerprint density at radius 1 is 1.14 bits per heavy atom. The molecule has 2 aromatic carbocycles. The van der Waals surface area contributed by atoms with Crippen molar-refractivity contribution in [2.24, 2.45) is 5.16 Å². The van der Waals surface area contributed by atoms with Gasteiger partial charge in [-0.05, 0) is 47.5 Å². The Morgan fingerprint density at radius 2 is 1.97 bits per heavy atom. The lowest BCUT2D eigenvalue weighted by Crippen LogP contribution is -2.28. The second kappa shape index (κ2) is 7.08. The maximum atomic E-state index is 13.4. The molecule has 1 aromatic heterocycles. The van der Waals surface area contributed by atoms with Crippen LogP contribution in [0.3, 0.4) is 0 Å². The van der Waals surface area contributed by atoms with Crippen LogP contribution in [0.5, 0.6) is 0 Å². The zero-order chi connectivity index (χ0) is 19.8. The van der Waals surface area contributed by atoms with Crippen molar-refractivity contribution in [3.8, 4) is 11.4 Å². The van der Waals surface area contributed by atoms with Crippen LogP contribution < -0.4 is 5.32 Å². The summed E-state index contributed by atoms with van der Waals surface area (Å²) in [5, 5.41) is 18.7. The van der Waals surface area contributed by atoms with Gasteiger partial charge in [-0.15, -0.1) is 5.10 Å². The molecule has 8 nitrogen and oxygen atoms in total. The van der Waals surface area contributed by atoms with E-state index < -0.39 is 6.10 Å². The van der Waals surface area contributed by atoms with E-state index >= 15 is 0 Å². The summed E-state index contributed by atoms with van der Waals surface area (Å²) in [5.41, 5.74) is 2.58. The first-order valence-electron chi connectivity index (χ1n) is 9.35. The normalized spacial score (nSPS) is 18.2. The van der Waals surface area contributed by atoms with E-state index in [1.807, 2.05) is 22.9 Å². The number of anilines is 1. The van der Waals surface area contributed by atoms with Crippen molar-refractivity contribution in [2.45, 2.75) is 31.4 Å². The number of nitrogens with one attached hydrogen (secondary N) is 1. The van der Waals surface area contributed by atoms with Crippen LogP contribution in [0.1, 0.15) is 30.9 Å². The average molecular weight is 392 g/mol. The highest BCUT2D eigenvalue weighted by atomic mass is 19.1. The molecule has 1 aliphatic carbocycles. The van der Waals surface area contributed by atoms with Crippen LogP contribution in [0.4, 0.5) is 10.1 Å². The standard InChI is InChI=1S/C20H17FN6O2/c21-14-5-1-3-12(9-14)17-11-18(29-24-17)20(28)22-15-6-2-4-13(10-15)19-23-25-26-27(19)16-7-8-16/h1-6,9-10,16,18H,7-8,11H2,(H,22,28)/t18-/m0/s1. The summed E-state index contributed by atoms with van der Waals surface area (Å²) in [6.07, 6.45) is 1.64. The van der Waals surface area contributed by atoms with E-state index in [1.54, 1.807) is 18.2 Å². The second-order valence-electron chi connectivity index (χ2n) is 7.09. The summed E-state index contributed by atoms with van der Waals surface area (Å²) in [7, 11) is 0. The lowest BCUT2D eigenvalue weighted by atomic mass is 10.0. The van der Waals surface area contributed by atoms with Crippen LogP contribution in [0.15, 0.2) is 53.7 Å². The summed E-state index contributed by atoms with van der Waals surface area (Å²) in [6, 6.07) is 13.8. The minimum absolute atomic E-state index is 0.273. The predicted molar refractivity (Wildman–Crippen MR) is 103 cm³/mol. The fourth-order valence-electron chi connectivity index (χ4n) is 3.26. The summed E-state index contributed by atoms with van der Waals surface area (Å²) < 4.78 is 15.2. The summed E-state index contributed by atoms with van der Waals surface area (Å²) in [5.74, 6) is -0.0000174. The van der Waals surface area contributed by atoms with Gasteiger partial charge in [0.1, 0.15) is 5.82 Å². The molecular formula is C20H17FN6O2. The van der Waals surface area contributed by atoms with Crippen LogP contribution in [-0.2, 0) is 9.63 Å². The molecule has 1 aliphatic heterocycles. The minimum Gasteiger partial charge on any atom is -0.382 e. The molecule has 2 heterocycles. The zero-order valence-electron chi connectivity index (χ0n) is 15.3. The Balaban J connectivity index is 1.28. The molecule has 0 saturated heterocycles. The van der Waals surface area contributed by atoms with E-state index in [0.717, 1.165) is 18.4 Å². The molecule has 1 saturated carbocycles. The third kappa shape index (κ3) is 3.58. The second-order valence-corrected chi connectivity index (χ2v) is 7.09. The molecule has 0 spiro atoms. The molecular weight excluding hydrogens is 375 g/mol. The first-order valence-corrected chi connectivity index (χ1v) is 9.35. The predicted octanol–water partition coefficient (Wildman–Crippen LogP) is 2.95. The van der Waals surface area contributed by atoms with E-state index in [9.17, 15) is 9.18 Å². The van der Waals surface area contributed by atoms with Gasteiger partial charge in [0, 0.05) is 23.2 Å². The molecule has 1 N–H and O–H groups in total. The smallest absolute Gasteiger partial charge is 0.268 e. The molecule has 3 aromatic rings. The van der Waals surface area contributed by atoms with Crippen LogP contribution in [0.25, 0.3) is 11.4 Å². The maximum absolute atomic E-state index is 13.4. The SMILES string of the molecule is O=C(Nc1cccc(-c2nnnn2C2CC2)c1)[C@@H]1CC(c2cccc(F)c2)=NO1. The number of oxime groups is 1. The van der Waals surface area contributed by atoms with Crippen LogP contribution in [0.2, 0.25) is 0 Å². The van der Waals surface area contributed by atoms with Gasteiger partial charge in [-0.2, -0.15) is 0 Å². The molecule has 0 bridgehead atoms. The first kappa shape index (κ1) is 17.5. The third-order valence-electron chi connectivity index (χ3n) is 4.89. The minimum atomic E-state index is -0.770. The number of rotatable bonds is 5.